The molecule has 9 heteroatoms. The fraction of sp³-hybridized carbons (Fsp3) is 0.500. The lowest BCUT2D eigenvalue weighted by Gasteiger charge is -2.37. The number of amides is 1. The molecule has 0 bridgehead atoms. The SMILES string of the molecule is Cc1ccc(/C=C/c2onc(C)c2S(=O)(=O)N2CCCC(C(=O)N3CCN(C)CC3)C2)cc1. The van der Waals surface area contributed by atoms with E-state index >= 15 is 0 Å². The van der Waals surface area contributed by atoms with Crippen LogP contribution in [0.3, 0.4) is 0 Å². The largest absolute Gasteiger partial charge is 0.355 e. The summed E-state index contributed by atoms with van der Waals surface area (Å²) in [6.45, 7) is 7.30. The zero-order chi connectivity index (χ0) is 23.6. The van der Waals surface area contributed by atoms with Gasteiger partial charge in [-0.1, -0.05) is 41.1 Å². The van der Waals surface area contributed by atoms with Gasteiger partial charge in [-0.2, -0.15) is 4.31 Å². The summed E-state index contributed by atoms with van der Waals surface area (Å²) < 4.78 is 34.0. The van der Waals surface area contributed by atoms with Gasteiger partial charge in [0.2, 0.25) is 15.9 Å². The molecule has 0 saturated carbocycles. The Balaban J connectivity index is 1.52. The molecule has 2 fully saturated rings. The zero-order valence-corrected chi connectivity index (χ0v) is 20.3. The number of nitrogens with zero attached hydrogens (tertiary/aromatic N) is 4. The van der Waals surface area contributed by atoms with Gasteiger partial charge in [0, 0.05) is 39.3 Å². The van der Waals surface area contributed by atoms with Crippen LogP contribution in [0, 0.1) is 19.8 Å². The molecule has 33 heavy (non-hydrogen) atoms. The second-order valence-electron chi connectivity index (χ2n) is 9.04. The maximum atomic E-state index is 13.6. The first-order valence-corrected chi connectivity index (χ1v) is 12.9. The smallest absolute Gasteiger partial charge is 0.248 e. The summed E-state index contributed by atoms with van der Waals surface area (Å²) in [5, 5.41) is 3.93. The number of carbonyl (C=O) groups excluding carboxylic acids is 1. The van der Waals surface area contributed by atoms with Gasteiger partial charge < -0.3 is 14.3 Å². The zero-order valence-electron chi connectivity index (χ0n) is 19.5. The summed E-state index contributed by atoms with van der Waals surface area (Å²) in [7, 11) is -1.81. The summed E-state index contributed by atoms with van der Waals surface area (Å²) in [6.07, 6.45) is 4.82. The van der Waals surface area contributed by atoms with Crippen LogP contribution in [0.5, 0.6) is 0 Å². The molecule has 0 spiro atoms. The van der Waals surface area contributed by atoms with Gasteiger partial charge in [-0.05, 0) is 45.4 Å². The minimum Gasteiger partial charge on any atom is -0.355 e. The Morgan fingerprint density at radius 3 is 2.45 bits per heavy atom. The van der Waals surface area contributed by atoms with Gasteiger partial charge in [0.25, 0.3) is 0 Å². The van der Waals surface area contributed by atoms with Crippen LogP contribution in [0.1, 0.15) is 35.4 Å². The highest BCUT2D eigenvalue weighted by molar-refractivity contribution is 7.89. The van der Waals surface area contributed by atoms with Crippen LogP contribution in [0.25, 0.3) is 12.2 Å². The van der Waals surface area contributed by atoms with E-state index < -0.39 is 10.0 Å². The Kier molecular flexibility index (Phi) is 7.02. The van der Waals surface area contributed by atoms with Gasteiger partial charge in [0.05, 0.1) is 5.92 Å². The van der Waals surface area contributed by atoms with E-state index in [1.807, 2.05) is 49.2 Å². The number of benzene rings is 1. The van der Waals surface area contributed by atoms with E-state index in [0.717, 1.165) is 24.2 Å². The number of aromatic nitrogens is 1. The highest BCUT2D eigenvalue weighted by Crippen LogP contribution is 2.30. The van der Waals surface area contributed by atoms with Crippen LogP contribution in [0.15, 0.2) is 33.7 Å². The van der Waals surface area contributed by atoms with E-state index in [4.69, 9.17) is 4.52 Å². The van der Waals surface area contributed by atoms with Crippen molar-refractivity contribution in [3.05, 3.63) is 46.8 Å². The van der Waals surface area contributed by atoms with Crippen LogP contribution < -0.4 is 0 Å². The van der Waals surface area contributed by atoms with Crippen molar-refractivity contribution in [3.8, 4) is 0 Å². The van der Waals surface area contributed by atoms with Crippen molar-refractivity contribution in [1.29, 1.82) is 0 Å². The van der Waals surface area contributed by atoms with E-state index in [1.165, 1.54) is 4.31 Å². The minimum atomic E-state index is -3.85. The molecule has 2 aliphatic rings. The molecule has 4 rings (SSSR count). The molecule has 3 heterocycles. The Bertz CT molecular complexity index is 1120. The number of piperazine rings is 1. The molecule has 8 nitrogen and oxygen atoms in total. The average Bonchev–Trinajstić information content (AvgIpc) is 3.20. The number of hydrogen-bond donors (Lipinski definition) is 0. The number of likely N-dealkylation sites (N-methyl/N-ethyl adjacent to an activating group) is 1. The Hall–Kier alpha value is -2.49. The van der Waals surface area contributed by atoms with E-state index in [9.17, 15) is 13.2 Å². The summed E-state index contributed by atoms with van der Waals surface area (Å²) in [6, 6.07) is 7.91. The van der Waals surface area contributed by atoms with Gasteiger partial charge in [-0.3, -0.25) is 4.79 Å². The van der Waals surface area contributed by atoms with Crippen molar-refractivity contribution < 1.29 is 17.7 Å². The van der Waals surface area contributed by atoms with Gasteiger partial charge in [-0.15, -0.1) is 0 Å². The molecule has 0 radical (unpaired) electrons. The fourth-order valence-corrected chi connectivity index (χ4v) is 6.20. The summed E-state index contributed by atoms with van der Waals surface area (Å²) >= 11 is 0. The molecule has 0 N–H and O–H groups in total. The molecule has 1 amide bonds. The predicted molar refractivity (Wildman–Crippen MR) is 127 cm³/mol. The second kappa shape index (κ2) is 9.79. The summed E-state index contributed by atoms with van der Waals surface area (Å²) in [5.74, 6) is -0.0474. The Labute approximate surface area is 195 Å². The lowest BCUT2D eigenvalue weighted by molar-refractivity contribution is -0.138. The number of piperidine rings is 1. The molecule has 1 aromatic carbocycles. The Morgan fingerprint density at radius 1 is 1.06 bits per heavy atom. The maximum absolute atomic E-state index is 13.6. The van der Waals surface area contributed by atoms with Crippen LogP contribution in [-0.2, 0) is 14.8 Å². The second-order valence-corrected chi connectivity index (χ2v) is 10.9. The molecule has 2 aliphatic heterocycles. The van der Waals surface area contributed by atoms with Crippen molar-refractivity contribution >= 4 is 28.1 Å². The number of carbonyl (C=O) groups is 1. The molecular formula is C24H32N4O4S. The lowest BCUT2D eigenvalue weighted by atomic mass is 9.98. The molecular weight excluding hydrogens is 440 g/mol. The topological polar surface area (TPSA) is 87.0 Å². The molecule has 2 aromatic rings. The maximum Gasteiger partial charge on any atom is 0.248 e. The molecule has 1 aromatic heterocycles. The van der Waals surface area contributed by atoms with Crippen molar-refractivity contribution in [1.82, 2.24) is 19.3 Å². The fourth-order valence-electron chi connectivity index (χ4n) is 4.42. The van der Waals surface area contributed by atoms with Gasteiger partial charge in [0.15, 0.2) is 10.7 Å². The van der Waals surface area contributed by atoms with Crippen LogP contribution in [0.4, 0.5) is 0 Å². The van der Waals surface area contributed by atoms with Crippen molar-refractivity contribution in [3.63, 3.8) is 0 Å². The molecule has 2 saturated heterocycles. The third-order valence-electron chi connectivity index (χ3n) is 6.48. The van der Waals surface area contributed by atoms with Crippen molar-refractivity contribution in [2.75, 3.05) is 46.3 Å². The van der Waals surface area contributed by atoms with E-state index in [0.29, 0.717) is 38.2 Å². The third kappa shape index (κ3) is 5.20. The van der Waals surface area contributed by atoms with E-state index in [-0.39, 0.29) is 29.0 Å². The van der Waals surface area contributed by atoms with Gasteiger partial charge in [0.1, 0.15) is 5.69 Å². The number of hydrogen-bond acceptors (Lipinski definition) is 6. The first-order chi connectivity index (χ1) is 15.8. The molecule has 1 unspecified atom stereocenters. The molecule has 0 aliphatic carbocycles. The van der Waals surface area contributed by atoms with Crippen LogP contribution in [0.2, 0.25) is 0 Å². The lowest BCUT2D eigenvalue weighted by Crippen LogP contribution is -2.52. The first-order valence-electron chi connectivity index (χ1n) is 11.4. The van der Waals surface area contributed by atoms with Crippen LogP contribution in [-0.4, -0.2) is 79.9 Å². The quantitative estimate of drug-likeness (QED) is 0.665. The number of rotatable bonds is 5. The normalized spacial score (nSPS) is 21.1. The standard InChI is InChI=1S/C24H32N4O4S/c1-18-6-8-20(9-7-18)10-11-22-23(19(2)25-32-22)33(30,31)28-12-4-5-21(17-28)24(29)27-15-13-26(3)14-16-27/h6-11,21H,4-5,12-17H2,1-3H3/b11-10+. The van der Waals surface area contributed by atoms with E-state index in [1.54, 1.807) is 13.0 Å². The molecule has 1 atom stereocenters. The third-order valence-corrected chi connectivity index (χ3v) is 8.51. The van der Waals surface area contributed by atoms with E-state index in [2.05, 4.69) is 10.1 Å². The molecule has 178 valence electrons. The number of aryl methyl sites for hydroxylation is 2. The van der Waals surface area contributed by atoms with Crippen molar-refractivity contribution in [2.24, 2.45) is 5.92 Å². The number of sulfonamides is 1. The minimum absolute atomic E-state index is 0.0598. The summed E-state index contributed by atoms with van der Waals surface area (Å²) in [4.78, 5) is 17.2. The van der Waals surface area contributed by atoms with Crippen molar-refractivity contribution in [2.45, 2.75) is 31.6 Å². The predicted octanol–water partition coefficient (Wildman–Crippen LogP) is 2.64. The Morgan fingerprint density at radius 2 is 1.76 bits per heavy atom. The van der Waals surface area contributed by atoms with Gasteiger partial charge >= 0.3 is 0 Å². The monoisotopic (exact) mass is 472 g/mol. The average molecular weight is 473 g/mol. The highest BCUT2D eigenvalue weighted by Gasteiger charge is 2.38. The summed E-state index contributed by atoms with van der Waals surface area (Å²) in [5.41, 5.74) is 2.41. The highest BCUT2D eigenvalue weighted by atomic mass is 32.2. The van der Waals surface area contributed by atoms with Gasteiger partial charge in [-0.25, -0.2) is 8.42 Å². The van der Waals surface area contributed by atoms with Crippen LogP contribution >= 0.6 is 0 Å². The first kappa shape index (κ1) is 23.7.